The van der Waals surface area contributed by atoms with Gasteiger partial charge in [0.2, 0.25) is 0 Å². The predicted octanol–water partition coefficient (Wildman–Crippen LogP) is 4.34. The van der Waals surface area contributed by atoms with Crippen molar-refractivity contribution >= 4 is 28.6 Å². The highest BCUT2D eigenvalue weighted by Crippen LogP contribution is 2.42. The summed E-state index contributed by atoms with van der Waals surface area (Å²) < 4.78 is 31.5. The van der Waals surface area contributed by atoms with Gasteiger partial charge in [0.05, 0.1) is 17.1 Å². The monoisotopic (exact) mass is 452 g/mol. The van der Waals surface area contributed by atoms with Crippen LogP contribution in [0, 0.1) is 5.92 Å². The lowest BCUT2D eigenvalue weighted by molar-refractivity contribution is 0.170. The first kappa shape index (κ1) is 22.8. The Morgan fingerprint density at radius 3 is 2.53 bits per heavy atom. The Balaban J connectivity index is 1.67. The van der Waals surface area contributed by atoms with E-state index in [9.17, 15) is 18.5 Å². The van der Waals surface area contributed by atoms with Gasteiger partial charge in [0.1, 0.15) is 5.75 Å². The second-order valence-corrected chi connectivity index (χ2v) is 11.1. The fourth-order valence-corrected chi connectivity index (χ4v) is 7.03. The number of sulfone groups is 1. The van der Waals surface area contributed by atoms with Crippen LogP contribution in [-0.2, 0) is 14.5 Å². The maximum absolute atomic E-state index is 12.8. The number of hydrogen-bond acceptors (Lipinski definition) is 5. The lowest BCUT2D eigenvalue weighted by Gasteiger charge is -2.32. The second kappa shape index (κ2) is 9.26. The van der Waals surface area contributed by atoms with Gasteiger partial charge in [-0.25, -0.2) is 8.42 Å². The summed E-state index contributed by atoms with van der Waals surface area (Å²) in [5, 5.41) is 19.9. The van der Waals surface area contributed by atoms with Crippen molar-refractivity contribution in [2.45, 2.75) is 44.4 Å². The zero-order chi connectivity index (χ0) is 22.9. The maximum Gasteiger partial charge on any atom is 0.456 e. The summed E-state index contributed by atoms with van der Waals surface area (Å²) in [5.41, 5.74) is 4.54. The maximum atomic E-state index is 12.8. The zero-order valence-corrected chi connectivity index (χ0v) is 19.3. The van der Waals surface area contributed by atoms with Gasteiger partial charge in [-0.05, 0) is 53.2 Å². The number of rotatable bonds is 6. The van der Waals surface area contributed by atoms with Gasteiger partial charge in [-0.15, -0.1) is 0 Å². The average Bonchev–Trinajstić information content (AvgIpc) is 3.04. The number of aromatic hydroxyl groups is 1. The van der Waals surface area contributed by atoms with Crippen LogP contribution in [0.5, 0.6) is 5.75 Å². The summed E-state index contributed by atoms with van der Waals surface area (Å²) in [6.45, 7) is 4.02. The minimum atomic E-state index is -3.31. The molecule has 168 valence electrons. The summed E-state index contributed by atoms with van der Waals surface area (Å²) in [4.78, 5) is 0. The van der Waals surface area contributed by atoms with E-state index in [2.05, 4.69) is 0 Å². The quantitative estimate of drug-likeness (QED) is 0.387. The van der Waals surface area contributed by atoms with Gasteiger partial charge in [-0.1, -0.05) is 62.4 Å². The Hall–Kier alpha value is -2.35. The molecular weight excluding hydrogens is 423 g/mol. The van der Waals surface area contributed by atoms with Crippen LogP contribution < -0.4 is 0 Å². The van der Waals surface area contributed by atoms with Gasteiger partial charge in [-0.3, -0.25) is 0 Å². The van der Waals surface area contributed by atoms with Crippen LogP contribution >= 0.6 is 0 Å². The number of allylic oxidation sites excluding steroid dienone is 1. The van der Waals surface area contributed by atoms with E-state index in [0.29, 0.717) is 12.8 Å². The van der Waals surface area contributed by atoms with Crippen molar-refractivity contribution in [2.75, 3.05) is 5.75 Å². The molecule has 32 heavy (non-hydrogen) atoms. The van der Waals surface area contributed by atoms with Gasteiger partial charge < -0.3 is 14.8 Å². The number of hydrogen-bond donors (Lipinski definition) is 2. The first-order chi connectivity index (χ1) is 15.3. The number of benzene rings is 2. The molecule has 0 amide bonds. The summed E-state index contributed by atoms with van der Waals surface area (Å²) in [7, 11) is -4.40. The highest BCUT2D eigenvalue weighted by atomic mass is 32.2. The third kappa shape index (κ3) is 4.70. The number of para-hydroxylation sites is 1. The molecular formula is C25H29BO5S. The molecule has 0 aromatic heterocycles. The first-order valence-electron chi connectivity index (χ1n) is 11.1. The molecule has 2 heterocycles. The van der Waals surface area contributed by atoms with Crippen LogP contribution in [0.15, 0.2) is 65.7 Å². The molecule has 0 bridgehead atoms. The molecule has 0 aliphatic carbocycles. The van der Waals surface area contributed by atoms with Crippen molar-refractivity contribution in [3.8, 4) is 5.75 Å². The topological polar surface area (TPSA) is 83.8 Å². The van der Waals surface area contributed by atoms with Crippen molar-refractivity contribution in [2.24, 2.45) is 5.92 Å². The molecule has 2 aliphatic heterocycles. The van der Waals surface area contributed by atoms with E-state index >= 15 is 0 Å². The molecule has 2 aromatic carbocycles. The summed E-state index contributed by atoms with van der Waals surface area (Å²) in [6.07, 6.45) is 2.77. The number of phenolic OH excluding ortho intramolecular Hbond substituents is 1. The fourth-order valence-electron chi connectivity index (χ4n) is 4.75. The molecule has 7 heteroatoms. The molecule has 4 rings (SSSR count). The minimum absolute atomic E-state index is 0.0521. The van der Waals surface area contributed by atoms with Crippen molar-refractivity contribution < 1.29 is 23.2 Å². The van der Waals surface area contributed by atoms with E-state index < -0.39 is 28.3 Å². The average molecular weight is 452 g/mol. The van der Waals surface area contributed by atoms with E-state index in [1.807, 2.05) is 62.4 Å². The Labute approximate surface area is 190 Å². The van der Waals surface area contributed by atoms with Crippen LogP contribution in [0.3, 0.4) is 0 Å². The molecule has 1 saturated heterocycles. The zero-order valence-electron chi connectivity index (χ0n) is 18.4. The summed E-state index contributed by atoms with van der Waals surface area (Å²) in [5.74, 6) is 0.366. The highest BCUT2D eigenvalue weighted by Gasteiger charge is 2.48. The second-order valence-electron chi connectivity index (χ2n) is 8.88. The Morgan fingerprint density at radius 2 is 1.84 bits per heavy atom. The molecule has 2 N–H and O–H groups in total. The van der Waals surface area contributed by atoms with E-state index in [4.69, 9.17) is 4.65 Å². The van der Waals surface area contributed by atoms with Crippen molar-refractivity contribution in [1.82, 2.24) is 0 Å². The Morgan fingerprint density at radius 1 is 1.16 bits per heavy atom. The van der Waals surface area contributed by atoms with Gasteiger partial charge >= 0.3 is 7.12 Å². The number of fused-ring (bicyclic) bond motifs is 1. The van der Waals surface area contributed by atoms with E-state index in [1.165, 1.54) is 0 Å². The third-order valence-corrected chi connectivity index (χ3v) is 8.40. The molecule has 0 unspecified atom stereocenters. The van der Waals surface area contributed by atoms with E-state index in [-0.39, 0.29) is 23.7 Å². The highest BCUT2D eigenvalue weighted by molar-refractivity contribution is 7.92. The van der Waals surface area contributed by atoms with Crippen molar-refractivity contribution in [3.05, 3.63) is 76.9 Å². The first-order valence-corrected chi connectivity index (χ1v) is 12.8. The molecule has 5 nitrogen and oxygen atoms in total. The standard InChI is InChI=1S/C25H29BO5S/c1-17(2)21-16-32(29,30)24-15-26(28)31-23(25(21)24)13-12-19(18-8-4-3-5-9-18)14-20-10-6-7-11-22(20)27/h3-11,14,17,23-24,27-28H,12-13,15-16H2,1-2H3/b19-14-/t23-,24+/m1/s1. The fraction of sp³-hybridized carbons (Fsp3) is 0.360. The van der Waals surface area contributed by atoms with Crippen molar-refractivity contribution in [3.63, 3.8) is 0 Å². The summed E-state index contributed by atoms with van der Waals surface area (Å²) >= 11 is 0. The third-order valence-electron chi connectivity index (χ3n) is 6.38. The van der Waals surface area contributed by atoms with Crippen LogP contribution in [0.4, 0.5) is 0 Å². The molecule has 2 aromatic rings. The lowest BCUT2D eigenvalue weighted by Crippen LogP contribution is -2.42. The largest absolute Gasteiger partial charge is 0.507 e. The smallest absolute Gasteiger partial charge is 0.456 e. The van der Waals surface area contributed by atoms with Gasteiger partial charge in [0, 0.05) is 11.9 Å². The molecule has 0 spiro atoms. The molecule has 0 saturated carbocycles. The Bertz CT molecular complexity index is 1140. The van der Waals surface area contributed by atoms with Gasteiger partial charge in [-0.2, -0.15) is 0 Å². The van der Waals surface area contributed by atoms with Crippen LogP contribution in [0.1, 0.15) is 37.8 Å². The van der Waals surface area contributed by atoms with E-state index in [1.54, 1.807) is 12.1 Å². The van der Waals surface area contributed by atoms with Gasteiger partial charge in [0.15, 0.2) is 9.84 Å². The van der Waals surface area contributed by atoms with Crippen LogP contribution in [0.2, 0.25) is 6.32 Å². The minimum Gasteiger partial charge on any atom is -0.507 e. The number of phenols is 1. The molecule has 2 atom stereocenters. The summed E-state index contributed by atoms with van der Waals surface area (Å²) in [6, 6.07) is 17.1. The molecule has 0 radical (unpaired) electrons. The van der Waals surface area contributed by atoms with E-state index in [0.717, 1.165) is 27.8 Å². The van der Waals surface area contributed by atoms with Gasteiger partial charge in [0.25, 0.3) is 0 Å². The molecule has 1 fully saturated rings. The predicted molar refractivity (Wildman–Crippen MR) is 129 cm³/mol. The molecule has 2 aliphatic rings. The lowest BCUT2D eigenvalue weighted by atomic mass is 9.73. The Kier molecular flexibility index (Phi) is 6.61. The van der Waals surface area contributed by atoms with Crippen molar-refractivity contribution in [1.29, 1.82) is 0 Å². The van der Waals surface area contributed by atoms with Crippen LogP contribution in [-0.4, -0.2) is 42.8 Å². The normalized spacial score (nSPS) is 23.0. The SMILES string of the molecule is CC(C)C1=C2[C@@H](CC/C(=C/c3ccccc3O)c3ccccc3)OB(O)C[C@@H]2S(=O)(=O)C1. The van der Waals surface area contributed by atoms with Crippen LogP contribution in [0.25, 0.3) is 11.6 Å².